The molecule has 3 aromatic rings. The first kappa shape index (κ1) is 20.5. The van der Waals surface area contributed by atoms with E-state index in [1.165, 1.54) is 16.0 Å². The first-order chi connectivity index (χ1) is 14.3. The highest BCUT2D eigenvalue weighted by molar-refractivity contribution is 8.19. The summed E-state index contributed by atoms with van der Waals surface area (Å²) in [4.78, 5) is 27.1. The summed E-state index contributed by atoms with van der Waals surface area (Å²) in [5, 5.41) is 0.248. The Hall–Kier alpha value is -2.76. The van der Waals surface area contributed by atoms with Crippen LogP contribution < -0.4 is 4.90 Å². The lowest BCUT2D eigenvalue weighted by molar-refractivity contribution is -0.113. The van der Waals surface area contributed by atoms with Crippen molar-refractivity contribution >= 4 is 46.3 Å². The third kappa shape index (κ3) is 3.48. The number of aryl methyl sites for hydroxylation is 3. The van der Waals surface area contributed by atoms with E-state index in [1.807, 2.05) is 13.0 Å². The number of hydrogen-bond acceptors (Lipinski definition) is 3. The van der Waals surface area contributed by atoms with Crippen molar-refractivity contribution in [3.05, 3.63) is 86.5 Å². The van der Waals surface area contributed by atoms with Gasteiger partial charge in [-0.05, 0) is 92.6 Å². The zero-order valence-corrected chi connectivity index (χ0v) is 18.8. The van der Waals surface area contributed by atoms with Crippen LogP contribution in [0.4, 0.5) is 10.5 Å². The monoisotopic (exact) mass is 436 g/mol. The number of anilines is 1. The first-order valence-corrected chi connectivity index (χ1v) is 10.8. The minimum absolute atomic E-state index is 0.308. The number of para-hydroxylation sites is 1. The summed E-state index contributed by atoms with van der Waals surface area (Å²) in [7, 11) is 0. The number of halogens is 1. The Morgan fingerprint density at radius 3 is 2.20 bits per heavy atom. The predicted molar refractivity (Wildman–Crippen MR) is 125 cm³/mol. The molecule has 0 N–H and O–H groups in total. The number of amides is 2. The van der Waals surface area contributed by atoms with Gasteiger partial charge in [0.15, 0.2) is 0 Å². The molecule has 2 aromatic carbocycles. The number of carbonyl (C=O) groups is 2. The average molecular weight is 437 g/mol. The van der Waals surface area contributed by atoms with Crippen LogP contribution in [0.2, 0.25) is 5.02 Å². The third-order valence-corrected chi connectivity index (χ3v) is 6.42. The van der Waals surface area contributed by atoms with Crippen molar-refractivity contribution < 1.29 is 9.59 Å². The first-order valence-electron chi connectivity index (χ1n) is 9.57. The smallest absolute Gasteiger partial charge is 0.298 e. The van der Waals surface area contributed by atoms with Gasteiger partial charge in [-0.15, -0.1) is 0 Å². The second-order valence-corrected chi connectivity index (χ2v) is 8.83. The molecule has 1 aromatic heterocycles. The number of hydrogen-bond donors (Lipinski definition) is 0. The van der Waals surface area contributed by atoms with E-state index >= 15 is 0 Å². The van der Waals surface area contributed by atoms with Crippen LogP contribution in [0.15, 0.2) is 53.4 Å². The Morgan fingerprint density at radius 1 is 0.933 bits per heavy atom. The van der Waals surface area contributed by atoms with Crippen molar-refractivity contribution in [2.75, 3.05) is 4.90 Å². The molecule has 1 aliphatic heterocycles. The van der Waals surface area contributed by atoms with E-state index < -0.39 is 0 Å². The van der Waals surface area contributed by atoms with Gasteiger partial charge < -0.3 is 4.57 Å². The van der Waals surface area contributed by atoms with E-state index in [9.17, 15) is 9.59 Å². The van der Waals surface area contributed by atoms with E-state index in [-0.39, 0.29) is 11.1 Å². The fraction of sp³-hybridized carbons (Fsp3) is 0.167. The van der Waals surface area contributed by atoms with Crippen LogP contribution >= 0.6 is 23.4 Å². The molecule has 1 saturated heterocycles. The number of rotatable bonds is 3. The predicted octanol–water partition coefficient (Wildman–Crippen LogP) is 6.61. The van der Waals surface area contributed by atoms with Crippen molar-refractivity contribution in [1.29, 1.82) is 0 Å². The summed E-state index contributed by atoms with van der Waals surface area (Å²) in [6, 6.07) is 15.0. The Morgan fingerprint density at radius 2 is 1.57 bits per heavy atom. The van der Waals surface area contributed by atoms with Gasteiger partial charge in [0.1, 0.15) is 0 Å². The van der Waals surface area contributed by atoms with Crippen LogP contribution in [0.1, 0.15) is 28.1 Å². The number of benzene rings is 2. The molecule has 0 saturated carbocycles. The van der Waals surface area contributed by atoms with Gasteiger partial charge in [0, 0.05) is 16.4 Å². The molecular formula is C24H21ClN2O2S. The second kappa shape index (κ2) is 7.82. The van der Waals surface area contributed by atoms with Gasteiger partial charge in [0.2, 0.25) is 0 Å². The zero-order chi connectivity index (χ0) is 21.6. The molecule has 2 heterocycles. The van der Waals surface area contributed by atoms with Gasteiger partial charge in [0.25, 0.3) is 11.1 Å². The van der Waals surface area contributed by atoms with E-state index in [2.05, 4.69) is 49.6 Å². The van der Waals surface area contributed by atoms with Crippen molar-refractivity contribution in [3.63, 3.8) is 0 Å². The number of thioether (sulfide) groups is 1. The molecule has 0 atom stereocenters. The highest BCUT2D eigenvalue weighted by Gasteiger charge is 2.36. The maximum atomic E-state index is 13.0. The lowest BCUT2D eigenvalue weighted by Crippen LogP contribution is -2.27. The largest absolute Gasteiger partial charge is 0.317 e. The molecule has 0 spiro atoms. The van der Waals surface area contributed by atoms with E-state index in [4.69, 9.17) is 11.6 Å². The Labute approximate surface area is 185 Å². The molecule has 0 aliphatic carbocycles. The van der Waals surface area contributed by atoms with Crippen molar-refractivity contribution in [2.45, 2.75) is 27.7 Å². The molecule has 2 amide bonds. The van der Waals surface area contributed by atoms with Crippen LogP contribution in [0.3, 0.4) is 0 Å². The summed E-state index contributed by atoms with van der Waals surface area (Å²) in [6.45, 7) is 8.28. The zero-order valence-electron chi connectivity index (χ0n) is 17.2. The highest BCUT2D eigenvalue weighted by Crippen LogP contribution is 2.37. The Kier molecular flexibility index (Phi) is 5.35. The molecule has 6 heteroatoms. The molecule has 1 fully saturated rings. The maximum absolute atomic E-state index is 13.0. The molecule has 1 aliphatic rings. The fourth-order valence-electron chi connectivity index (χ4n) is 3.86. The summed E-state index contributed by atoms with van der Waals surface area (Å²) < 4.78 is 2.21. The standard InChI is InChI=1S/C24H21ClN2O2S/c1-14-6-5-7-15(2)22(14)26-16(3)12-18(17(26)4)13-21-23(28)27(24(29)30-21)20-10-8-19(25)9-11-20/h5-13H,1-4H3/b21-13+. The van der Waals surface area contributed by atoms with Gasteiger partial charge in [-0.3, -0.25) is 9.59 Å². The number of nitrogens with zero attached hydrogens (tertiary/aromatic N) is 2. The van der Waals surface area contributed by atoms with Crippen LogP contribution in [-0.2, 0) is 4.79 Å². The molecule has 4 nitrogen and oxygen atoms in total. The van der Waals surface area contributed by atoms with Gasteiger partial charge in [-0.2, -0.15) is 0 Å². The Balaban J connectivity index is 1.74. The SMILES string of the molecule is Cc1cccc(C)c1-n1c(C)cc(/C=C2/SC(=O)N(c3ccc(Cl)cc3)C2=O)c1C. The topological polar surface area (TPSA) is 42.3 Å². The highest BCUT2D eigenvalue weighted by atomic mass is 35.5. The van der Waals surface area contributed by atoms with E-state index in [0.29, 0.717) is 15.6 Å². The maximum Gasteiger partial charge on any atom is 0.298 e. The molecular weight excluding hydrogens is 416 g/mol. The molecule has 0 unspecified atom stereocenters. The third-order valence-electron chi connectivity index (χ3n) is 5.30. The van der Waals surface area contributed by atoms with Gasteiger partial charge in [-0.25, -0.2) is 4.90 Å². The van der Waals surface area contributed by atoms with Crippen molar-refractivity contribution in [1.82, 2.24) is 4.57 Å². The van der Waals surface area contributed by atoms with Crippen molar-refractivity contribution in [3.8, 4) is 5.69 Å². The van der Waals surface area contributed by atoms with Gasteiger partial charge in [0.05, 0.1) is 16.3 Å². The van der Waals surface area contributed by atoms with Crippen LogP contribution in [0.5, 0.6) is 0 Å². The molecule has 0 radical (unpaired) electrons. The average Bonchev–Trinajstić information content (AvgIpc) is 3.12. The summed E-state index contributed by atoms with van der Waals surface area (Å²) in [5.74, 6) is -0.316. The molecule has 0 bridgehead atoms. The lowest BCUT2D eigenvalue weighted by atomic mass is 10.1. The quantitative estimate of drug-likeness (QED) is 0.434. The lowest BCUT2D eigenvalue weighted by Gasteiger charge is -2.15. The van der Waals surface area contributed by atoms with Gasteiger partial charge in [-0.1, -0.05) is 29.8 Å². The van der Waals surface area contributed by atoms with E-state index in [0.717, 1.165) is 34.4 Å². The summed E-state index contributed by atoms with van der Waals surface area (Å²) in [6.07, 6.45) is 1.81. The van der Waals surface area contributed by atoms with E-state index in [1.54, 1.807) is 24.3 Å². The number of aromatic nitrogens is 1. The van der Waals surface area contributed by atoms with Crippen molar-refractivity contribution in [2.24, 2.45) is 0 Å². The minimum atomic E-state index is -0.316. The van der Waals surface area contributed by atoms with Gasteiger partial charge >= 0.3 is 0 Å². The molecule has 4 rings (SSSR count). The van der Waals surface area contributed by atoms with Crippen LogP contribution in [-0.4, -0.2) is 15.7 Å². The molecule has 30 heavy (non-hydrogen) atoms. The fourth-order valence-corrected chi connectivity index (χ4v) is 4.82. The minimum Gasteiger partial charge on any atom is -0.317 e. The van der Waals surface area contributed by atoms with Crippen LogP contribution in [0.25, 0.3) is 11.8 Å². The normalized spacial score (nSPS) is 15.5. The Bertz CT molecular complexity index is 1190. The molecule has 152 valence electrons. The summed E-state index contributed by atoms with van der Waals surface area (Å²) >= 11 is 6.88. The second-order valence-electron chi connectivity index (χ2n) is 7.40. The number of carbonyl (C=O) groups excluding carboxylic acids is 2. The summed E-state index contributed by atoms with van der Waals surface area (Å²) in [5.41, 5.74) is 7.08. The number of imide groups is 1. The van der Waals surface area contributed by atoms with Crippen LogP contribution in [0, 0.1) is 27.7 Å².